The lowest BCUT2D eigenvalue weighted by molar-refractivity contribution is -0.115. The SMILES string of the molecule is CC(=O)c1ccc(NC(=O)[C@H](C)Sc2nc3ccc(C)cc3[nH]2)cc1. The first kappa shape index (κ1) is 17.2. The molecule has 0 aliphatic rings. The van der Waals surface area contributed by atoms with Gasteiger partial charge in [0.1, 0.15) is 0 Å². The number of imidazole rings is 1. The molecule has 1 atom stereocenters. The molecular weight excluding hydrogens is 334 g/mol. The molecular formula is C19H19N3O2S. The van der Waals surface area contributed by atoms with Crippen LogP contribution in [0.1, 0.15) is 29.8 Å². The number of Topliss-reactive ketones (excluding diaryl/α,β-unsaturated/α-hetero) is 1. The fraction of sp³-hybridized carbons (Fsp3) is 0.211. The third-order valence-electron chi connectivity index (χ3n) is 3.83. The standard InChI is InChI=1S/C19H19N3O2S/c1-11-4-9-16-17(10-11)22-19(21-16)25-13(3)18(24)20-15-7-5-14(6-8-15)12(2)23/h4-10,13H,1-3H3,(H,20,24)(H,21,22)/t13-/m0/s1. The number of hydrogen-bond acceptors (Lipinski definition) is 4. The van der Waals surface area contributed by atoms with E-state index < -0.39 is 0 Å². The summed E-state index contributed by atoms with van der Waals surface area (Å²) in [5.74, 6) is -0.112. The minimum absolute atomic E-state index is 0.00178. The predicted molar refractivity (Wildman–Crippen MR) is 101 cm³/mol. The molecule has 5 nitrogen and oxygen atoms in total. The fourth-order valence-corrected chi connectivity index (χ4v) is 3.23. The van der Waals surface area contributed by atoms with Crippen molar-refractivity contribution >= 4 is 40.2 Å². The maximum atomic E-state index is 12.4. The smallest absolute Gasteiger partial charge is 0.237 e. The lowest BCUT2D eigenvalue weighted by Crippen LogP contribution is -2.22. The van der Waals surface area contributed by atoms with Crippen LogP contribution in [0.25, 0.3) is 11.0 Å². The molecule has 3 rings (SSSR count). The average molecular weight is 353 g/mol. The van der Waals surface area contributed by atoms with E-state index in [1.54, 1.807) is 24.3 Å². The number of rotatable bonds is 5. The number of aromatic amines is 1. The number of carbonyl (C=O) groups excluding carboxylic acids is 2. The molecule has 1 amide bonds. The highest BCUT2D eigenvalue weighted by Gasteiger charge is 2.17. The average Bonchev–Trinajstić information content (AvgIpc) is 2.96. The van der Waals surface area contributed by atoms with E-state index in [0.29, 0.717) is 11.3 Å². The Morgan fingerprint density at radius 2 is 1.88 bits per heavy atom. The number of amides is 1. The lowest BCUT2D eigenvalue weighted by Gasteiger charge is -2.10. The van der Waals surface area contributed by atoms with Crippen molar-refractivity contribution in [3.63, 3.8) is 0 Å². The lowest BCUT2D eigenvalue weighted by atomic mass is 10.1. The molecule has 2 N–H and O–H groups in total. The number of thioether (sulfide) groups is 1. The quantitative estimate of drug-likeness (QED) is 0.533. The van der Waals surface area contributed by atoms with Crippen molar-refractivity contribution in [3.8, 4) is 0 Å². The number of benzene rings is 2. The van der Waals surface area contributed by atoms with Crippen LogP contribution in [0.15, 0.2) is 47.6 Å². The van der Waals surface area contributed by atoms with Gasteiger partial charge in [0.2, 0.25) is 5.91 Å². The van der Waals surface area contributed by atoms with E-state index in [2.05, 4.69) is 15.3 Å². The van der Waals surface area contributed by atoms with Crippen LogP contribution in [0, 0.1) is 6.92 Å². The Balaban J connectivity index is 1.66. The first-order valence-electron chi connectivity index (χ1n) is 7.97. The predicted octanol–water partition coefficient (Wildman–Crippen LogP) is 4.19. The molecule has 2 aromatic carbocycles. The van der Waals surface area contributed by atoms with Gasteiger partial charge in [0.05, 0.1) is 16.3 Å². The van der Waals surface area contributed by atoms with Crippen molar-refractivity contribution in [3.05, 3.63) is 53.6 Å². The van der Waals surface area contributed by atoms with E-state index in [9.17, 15) is 9.59 Å². The molecule has 25 heavy (non-hydrogen) atoms. The summed E-state index contributed by atoms with van der Waals surface area (Å²) in [6.45, 7) is 5.38. The molecule has 0 aliphatic carbocycles. The molecule has 0 bridgehead atoms. The van der Waals surface area contributed by atoms with Gasteiger partial charge in [0, 0.05) is 11.3 Å². The number of ketones is 1. The van der Waals surface area contributed by atoms with Gasteiger partial charge in [0.15, 0.2) is 10.9 Å². The third-order valence-corrected chi connectivity index (χ3v) is 4.82. The molecule has 1 aromatic heterocycles. The van der Waals surface area contributed by atoms with Crippen molar-refractivity contribution < 1.29 is 9.59 Å². The van der Waals surface area contributed by atoms with E-state index in [-0.39, 0.29) is 16.9 Å². The number of carbonyl (C=O) groups is 2. The van der Waals surface area contributed by atoms with Gasteiger partial charge in [0.25, 0.3) is 0 Å². The summed E-state index contributed by atoms with van der Waals surface area (Å²) >= 11 is 1.38. The van der Waals surface area contributed by atoms with Crippen LogP contribution in [-0.4, -0.2) is 26.9 Å². The number of nitrogens with zero attached hydrogens (tertiary/aromatic N) is 1. The van der Waals surface area contributed by atoms with Gasteiger partial charge in [-0.05, 0) is 62.7 Å². The normalized spacial score (nSPS) is 12.1. The Bertz CT molecular complexity index is 931. The van der Waals surface area contributed by atoms with Crippen LogP contribution in [0.2, 0.25) is 0 Å². The van der Waals surface area contributed by atoms with Crippen molar-refractivity contribution in [1.29, 1.82) is 0 Å². The van der Waals surface area contributed by atoms with Crippen molar-refractivity contribution in [2.45, 2.75) is 31.2 Å². The summed E-state index contributed by atoms with van der Waals surface area (Å²) in [5, 5.41) is 3.26. The highest BCUT2D eigenvalue weighted by molar-refractivity contribution is 8.00. The van der Waals surface area contributed by atoms with Crippen LogP contribution >= 0.6 is 11.8 Å². The summed E-state index contributed by atoms with van der Waals surface area (Å²) in [6, 6.07) is 12.9. The topological polar surface area (TPSA) is 74.8 Å². The van der Waals surface area contributed by atoms with Crippen molar-refractivity contribution in [2.75, 3.05) is 5.32 Å². The highest BCUT2D eigenvalue weighted by atomic mass is 32.2. The second kappa shape index (κ2) is 7.11. The summed E-state index contributed by atoms with van der Waals surface area (Å²) in [4.78, 5) is 31.4. The first-order valence-corrected chi connectivity index (χ1v) is 8.85. The molecule has 0 spiro atoms. The molecule has 0 fully saturated rings. The Kier molecular flexibility index (Phi) is 4.90. The number of anilines is 1. The summed E-state index contributed by atoms with van der Waals surface area (Å²) in [5.41, 5.74) is 4.31. The van der Waals surface area contributed by atoms with Crippen LogP contribution in [0.3, 0.4) is 0 Å². The minimum Gasteiger partial charge on any atom is -0.333 e. The van der Waals surface area contributed by atoms with Crippen LogP contribution in [0.5, 0.6) is 0 Å². The maximum Gasteiger partial charge on any atom is 0.237 e. The number of H-pyrrole nitrogens is 1. The van der Waals surface area contributed by atoms with E-state index in [4.69, 9.17) is 0 Å². The molecule has 6 heteroatoms. The molecule has 0 saturated carbocycles. The Morgan fingerprint density at radius 1 is 1.16 bits per heavy atom. The van der Waals surface area contributed by atoms with Crippen LogP contribution in [-0.2, 0) is 4.79 Å². The van der Waals surface area contributed by atoms with Gasteiger partial charge in [-0.15, -0.1) is 0 Å². The van der Waals surface area contributed by atoms with Crippen molar-refractivity contribution in [2.24, 2.45) is 0 Å². The zero-order valence-electron chi connectivity index (χ0n) is 14.3. The van der Waals surface area contributed by atoms with E-state index in [0.717, 1.165) is 21.8 Å². The Morgan fingerprint density at radius 3 is 2.56 bits per heavy atom. The molecule has 0 saturated heterocycles. The summed E-state index contributed by atoms with van der Waals surface area (Å²) in [6.07, 6.45) is 0. The second-order valence-corrected chi connectivity index (χ2v) is 7.27. The molecule has 128 valence electrons. The van der Waals surface area contributed by atoms with Gasteiger partial charge in [-0.25, -0.2) is 4.98 Å². The zero-order valence-corrected chi connectivity index (χ0v) is 15.1. The number of hydrogen-bond donors (Lipinski definition) is 2. The molecule has 3 aromatic rings. The van der Waals surface area contributed by atoms with Gasteiger partial charge in [-0.1, -0.05) is 17.8 Å². The van der Waals surface area contributed by atoms with Gasteiger partial charge in [-0.2, -0.15) is 0 Å². The minimum atomic E-state index is -0.311. The monoisotopic (exact) mass is 353 g/mol. The zero-order chi connectivity index (χ0) is 18.0. The first-order chi connectivity index (χ1) is 11.9. The fourth-order valence-electron chi connectivity index (χ4n) is 2.41. The van der Waals surface area contributed by atoms with Crippen LogP contribution < -0.4 is 5.32 Å². The Labute approximate surface area is 150 Å². The third kappa shape index (κ3) is 4.09. The molecule has 1 heterocycles. The van der Waals surface area contributed by atoms with E-state index >= 15 is 0 Å². The van der Waals surface area contributed by atoms with Crippen molar-refractivity contribution in [1.82, 2.24) is 9.97 Å². The summed E-state index contributed by atoms with van der Waals surface area (Å²) < 4.78 is 0. The number of aryl methyl sites for hydroxylation is 1. The van der Waals surface area contributed by atoms with E-state index in [1.807, 2.05) is 32.0 Å². The number of aromatic nitrogens is 2. The second-order valence-electron chi connectivity index (χ2n) is 5.95. The van der Waals surface area contributed by atoms with Gasteiger partial charge >= 0.3 is 0 Å². The maximum absolute atomic E-state index is 12.4. The molecule has 0 radical (unpaired) electrons. The molecule has 0 unspecified atom stereocenters. The number of nitrogens with one attached hydrogen (secondary N) is 2. The van der Waals surface area contributed by atoms with Gasteiger partial charge in [-0.3, -0.25) is 9.59 Å². The number of fused-ring (bicyclic) bond motifs is 1. The highest BCUT2D eigenvalue weighted by Crippen LogP contribution is 2.25. The van der Waals surface area contributed by atoms with Crippen LogP contribution in [0.4, 0.5) is 5.69 Å². The molecule has 0 aliphatic heterocycles. The van der Waals surface area contributed by atoms with E-state index in [1.165, 1.54) is 18.7 Å². The van der Waals surface area contributed by atoms with Gasteiger partial charge < -0.3 is 10.3 Å². The largest absolute Gasteiger partial charge is 0.333 e. The summed E-state index contributed by atoms with van der Waals surface area (Å²) in [7, 11) is 0. The Hall–Kier alpha value is -2.60.